The fourth-order valence-electron chi connectivity index (χ4n) is 1.83. The van der Waals surface area contributed by atoms with Gasteiger partial charge in [-0.2, -0.15) is 0 Å². The molecular weight excluding hydrogens is 216 g/mol. The Kier molecular flexibility index (Phi) is 6.26. The van der Waals surface area contributed by atoms with Gasteiger partial charge in [0.05, 0.1) is 13.1 Å². The van der Waals surface area contributed by atoms with E-state index in [-0.39, 0.29) is 0 Å². The Balaban J connectivity index is 2.42. The standard InChI is InChI=1S/C13H24N2O2/c1-11-8-12(17-13(11)9-14-2)10-15(3)6-5-7-16-4/h8,14H,5-7,9-10H2,1-4H3. The molecule has 0 saturated carbocycles. The van der Waals surface area contributed by atoms with Gasteiger partial charge in [-0.05, 0) is 39.1 Å². The maximum Gasteiger partial charge on any atom is 0.120 e. The van der Waals surface area contributed by atoms with Crippen LogP contribution >= 0.6 is 0 Å². The van der Waals surface area contributed by atoms with Gasteiger partial charge in [0.25, 0.3) is 0 Å². The summed E-state index contributed by atoms with van der Waals surface area (Å²) in [4.78, 5) is 2.25. The number of rotatable bonds is 8. The summed E-state index contributed by atoms with van der Waals surface area (Å²) in [5.41, 5.74) is 1.22. The molecule has 0 unspecified atom stereocenters. The van der Waals surface area contributed by atoms with E-state index in [0.717, 1.165) is 44.2 Å². The minimum atomic E-state index is 0.791. The van der Waals surface area contributed by atoms with Crippen LogP contribution < -0.4 is 5.32 Å². The van der Waals surface area contributed by atoms with Crippen LogP contribution in [0, 0.1) is 6.92 Å². The van der Waals surface area contributed by atoms with Crippen LogP contribution in [0.3, 0.4) is 0 Å². The highest BCUT2D eigenvalue weighted by Gasteiger charge is 2.08. The summed E-state index contributed by atoms with van der Waals surface area (Å²) in [5.74, 6) is 2.07. The maximum absolute atomic E-state index is 5.80. The molecule has 0 bridgehead atoms. The first-order valence-electron chi connectivity index (χ1n) is 6.07. The minimum absolute atomic E-state index is 0.791. The molecule has 0 radical (unpaired) electrons. The van der Waals surface area contributed by atoms with Gasteiger partial charge in [-0.25, -0.2) is 0 Å². The van der Waals surface area contributed by atoms with E-state index in [1.165, 1.54) is 5.56 Å². The molecular formula is C13H24N2O2. The molecule has 0 aliphatic heterocycles. The molecule has 1 heterocycles. The third-order valence-corrected chi connectivity index (χ3v) is 2.72. The van der Waals surface area contributed by atoms with E-state index in [1.54, 1.807) is 7.11 Å². The van der Waals surface area contributed by atoms with E-state index in [0.29, 0.717) is 0 Å². The number of hydrogen-bond donors (Lipinski definition) is 1. The highest BCUT2D eigenvalue weighted by atomic mass is 16.5. The van der Waals surface area contributed by atoms with Crippen molar-refractivity contribution >= 4 is 0 Å². The monoisotopic (exact) mass is 240 g/mol. The van der Waals surface area contributed by atoms with Crippen LogP contribution in [0.2, 0.25) is 0 Å². The number of methoxy groups -OCH3 is 1. The van der Waals surface area contributed by atoms with Crippen LogP contribution in [0.5, 0.6) is 0 Å². The van der Waals surface area contributed by atoms with Crippen LogP contribution in [0.1, 0.15) is 23.5 Å². The third kappa shape index (κ3) is 4.89. The smallest absolute Gasteiger partial charge is 0.120 e. The van der Waals surface area contributed by atoms with Crippen molar-refractivity contribution in [1.29, 1.82) is 0 Å². The van der Waals surface area contributed by atoms with Crippen LogP contribution in [0.15, 0.2) is 10.5 Å². The summed E-state index contributed by atoms with van der Waals surface area (Å²) in [6.45, 7) is 5.57. The molecule has 1 aromatic rings. The van der Waals surface area contributed by atoms with Crippen LogP contribution in [-0.4, -0.2) is 39.3 Å². The molecule has 0 aromatic carbocycles. The summed E-state index contributed by atoms with van der Waals surface area (Å²) in [7, 11) is 5.77. The van der Waals surface area contributed by atoms with Gasteiger partial charge in [-0.3, -0.25) is 4.90 Å². The Morgan fingerprint density at radius 2 is 2.24 bits per heavy atom. The second-order valence-electron chi connectivity index (χ2n) is 4.43. The first kappa shape index (κ1) is 14.2. The SMILES string of the molecule is CNCc1oc(CN(C)CCCOC)cc1C. The van der Waals surface area contributed by atoms with Gasteiger partial charge >= 0.3 is 0 Å². The summed E-state index contributed by atoms with van der Waals surface area (Å²) >= 11 is 0. The number of nitrogens with zero attached hydrogens (tertiary/aromatic N) is 1. The number of nitrogens with one attached hydrogen (secondary N) is 1. The lowest BCUT2D eigenvalue weighted by Crippen LogP contribution is -2.19. The highest BCUT2D eigenvalue weighted by Crippen LogP contribution is 2.15. The molecule has 4 nitrogen and oxygen atoms in total. The van der Waals surface area contributed by atoms with Crippen molar-refractivity contribution in [2.75, 3.05) is 34.4 Å². The van der Waals surface area contributed by atoms with E-state index < -0.39 is 0 Å². The van der Waals surface area contributed by atoms with E-state index in [9.17, 15) is 0 Å². The average Bonchev–Trinajstić information content (AvgIpc) is 2.60. The zero-order valence-electron chi connectivity index (χ0n) is 11.4. The molecule has 1 aromatic heterocycles. The van der Waals surface area contributed by atoms with Gasteiger partial charge in [0.1, 0.15) is 11.5 Å². The molecule has 0 atom stereocenters. The average molecular weight is 240 g/mol. The lowest BCUT2D eigenvalue weighted by Gasteiger charge is -2.14. The second kappa shape index (κ2) is 7.48. The molecule has 98 valence electrons. The fraction of sp³-hybridized carbons (Fsp3) is 0.692. The molecule has 0 spiro atoms. The minimum Gasteiger partial charge on any atom is -0.463 e. The van der Waals surface area contributed by atoms with Gasteiger partial charge in [0.2, 0.25) is 0 Å². The Bertz CT molecular complexity index is 323. The van der Waals surface area contributed by atoms with Crippen molar-refractivity contribution in [1.82, 2.24) is 10.2 Å². The van der Waals surface area contributed by atoms with E-state index in [2.05, 4.69) is 30.3 Å². The molecule has 1 rings (SSSR count). The molecule has 1 N–H and O–H groups in total. The van der Waals surface area contributed by atoms with Gasteiger partial charge in [-0.15, -0.1) is 0 Å². The highest BCUT2D eigenvalue weighted by molar-refractivity contribution is 5.19. The van der Waals surface area contributed by atoms with Crippen molar-refractivity contribution in [3.8, 4) is 0 Å². The Morgan fingerprint density at radius 1 is 1.47 bits per heavy atom. The van der Waals surface area contributed by atoms with Crippen molar-refractivity contribution < 1.29 is 9.15 Å². The Hall–Kier alpha value is -0.840. The predicted molar refractivity (Wildman–Crippen MR) is 69.0 cm³/mol. The summed E-state index contributed by atoms with van der Waals surface area (Å²) in [6.07, 6.45) is 1.05. The van der Waals surface area contributed by atoms with Gasteiger partial charge in [0, 0.05) is 20.3 Å². The van der Waals surface area contributed by atoms with Crippen LogP contribution in [-0.2, 0) is 17.8 Å². The topological polar surface area (TPSA) is 37.6 Å². The lowest BCUT2D eigenvalue weighted by molar-refractivity contribution is 0.175. The summed E-state index contributed by atoms with van der Waals surface area (Å²) < 4.78 is 10.8. The zero-order valence-corrected chi connectivity index (χ0v) is 11.4. The molecule has 0 aliphatic rings. The van der Waals surface area contributed by atoms with Crippen LogP contribution in [0.25, 0.3) is 0 Å². The van der Waals surface area contributed by atoms with Crippen molar-refractivity contribution in [3.63, 3.8) is 0 Å². The number of hydrogen-bond acceptors (Lipinski definition) is 4. The molecule has 4 heteroatoms. The largest absolute Gasteiger partial charge is 0.463 e. The molecule has 17 heavy (non-hydrogen) atoms. The van der Waals surface area contributed by atoms with Crippen LogP contribution in [0.4, 0.5) is 0 Å². The first-order chi connectivity index (χ1) is 8.17. The Morgan fingerprint density at radius 3 is 2.88 bits per heavy atom. The van der Waals surface area contributed by atoms with Gasteiger partial charge in [-0.1, -0.05) is 0 Å². The van der Waals surface area contributed by atoms with E-state index in [4.69, 9.17) is 9.15 Å². The van der Waals surface area contributed by atoms with Gasteiger partial charge in [0.15, 0.2) is 0 Å². The number of aryl methyl sites for hydroxylation is 1. The number of furan rings is 1. The lowest BCUT2D eigenvalue weighted by atomic mass is 10.2. The van der Waals surface area contributed by atoms with Crippen molar-refractivity contribution in [2.45, 2.75) is 26.4 Å². The molecule has 0 aliphatic carbocycles. The second-order valence-corrected chi connectivity index (χ2v) is 4.43. The van der Waals surface area contributed by atoms with Gasteiger partial charge < -0.3 is 14.5 Å². The maximum atomic E-state index is 5.80. The quantitative estimate of drug-likeness (QED) is 0.703. The zero-order chi connectivity index (χ0) is 12.7. The van der Waals surface area contributed by atoms with E-state index in [1.807, 2.05) is 7.05 Å². The molecule has 0 amide bonds. The molecule has 0 saturated heterocycles. The normalized spacial score (nSPS) is 11.4. The summed E-state index contributed by atoms with van der Waals surface area (Å²) in [5, 5.41) is 3.11. The first-order valence-corrected chi connectivity index (χ1v) is 6.07. The summed E-state index contributed by atoms with van der Waals surface area (Å²) in [6, 6.07) is 2.12. The predicted octanol–water partition coefficient (Wildman–Crippen LogP) is 1.78. The van der Waals surface area contributed by atoms with Crippen molar-refractivity contribution in [2.24, 2.45) is 0 Å². The van der Waals surface area contributed by atoms with Crippen molar-refractivity contribution in [3.05, 3.63) is 23.2 Å². The van der Waals surface area contributed by atoms with E-state index >= 15 is 0 Å². The Labute approximate surface area is 104 Å². The third-order valence-electron chi connectivity index (χ3n) is 2.72. The fourth-order valence-corrected chi connectivity index (χ4v) is 1.83. The molecule has 0 fully saturated rings. The number of ether oxygens (including phenoxy) is 1.